The Morgan fingerprint density at radius 2 is 1.88 bits per heavy atom. The maximum absolute atomic E-state index is 12.1. The predicted molar refractivity (Wildman–Crippen MR) is 92.4 cm³/mol. The van der Waals surface area contributed by atoms with Gasteiger partial charge in [-0.2, -0.15) is 0 Å². The first-order valence-electron chi connectivity index (χ1n) is 8.76. The van der Waals surface area contributed by atoms with Crippen molar-refractivity contribution in [2.75, 3.05) is 25.1 Å². The lowest BCUT2D eigenvalue weighted by molar-refractivity contribution is -0.125. The number of hydrogen-bond acceptors (Lipinski definition) is 6. The molecule has 7 heteroatoms. The molecule has 4 rings (SSSR count). The lowest BCUT2D eigenvalue weighted by Crippen LogP contribution is -2.41. The Morgan fingerprint density at radius 3 is 2.52 bits per heavy atom. The monoisotopic (exact) mass is 342 g/mol. The summed E-state index contributed by atoms with van der Waals surface area (Å²) in [5.74, 6) is 1.58. The van der Waals surface area contributed by atoms with Crippen LogP contribution in [0.15, 0.2) is 28.7 Å². The van der Waals surface area contributed by atoms with Crippen molar-refractivity contribution in [1.82, 2.24) is 15.5 Å². The molecule has 2 heterocycles. The van der Waals surface area contributed by atoms with Gasteiger partial charge in [0.05, 0.1) is 7.11 Å². The molecule has 0 atom stereocenters. The molecular formula is C18H22N4O3. The van der Waals surface area contributed by atoms with E-state index in [4.69, 9.17) is 9.15 Å². The minimum atomic E-state index is 0.0980. The van der Waals surface area contributed by atoms with E-state index in [0.29, 0.717) is 17.9 Å². The van der Waals surface area contributed by atoms with Gasteiger partial charge in [-0.15, -0.1) is 5.10 Å². The van der Waals surface area contributed by atoms with E-state index in [1.165, 1.54) is 0 Å². The van der Waals surface area contributed by atoms with E-state index in [2.05, 4.69) is 20.4 Å². The summed E-state index contributed by atoms with van der Waals surface area (Å²) in [7, 11) is 1.63. The Hall–Kier alpha value is -2.57. The molecule has 2 fully saturated rings. The second kappa shape index (κ2) is 6.74. The van der Waals surface area contributed by atoms with E-state index in [1.807, 2.05) is 24.3 Å². The first kappa shape index (κ1) is 15.9. The normalized spacial score (nSPS) is 18.2. The van der Waals surface area contributed by atoms with E-state index in [1.54, 1.807) is 7.11 Å². The molecule has 1 N–H and O–H groups in total. The second-order valence-electron chi connectivity index (χ2n) is 6.66. The molecule has 0 unspecified atom stereocenters. The largest absolute Gasteiger partial charge is 0.497 e. The van der Waals surface area contributed by atoms with Crippen LogP contribution in [0, 0.1) is 5.92 Å². The molecule has 2 aliphatic rings. The number of nitrogens with zero attached hydrogens (tertiary/aromatic N) is 3. The zero-order chi connectivity index (χ0) is 17.2. The fraction of sp³-hybridized carbons (Fsp3) is 0.500. The number of nitrogens with one attached hydrogen (secondary N) is 1. The van der Waals surface area contributed by atoms with Crippen LogP contribution < -0.4 is 15.0 Å². The standard InChI is InChI=1S/C18H22N4O3/c1-24-15-6-2-13(3-7-15)17-20-21-18(25-17)22-10-8-12(9-11-22)16(23)19-14-4-5-14/h2-3,6-7,12,14H,4-5,8-11H2,1H3,(H,19,23). The molecule has 1 aliphatic carbocycles. The van der Waals surface area contributed by atoms with Gasteiger partial charge >= 0.3 is 6.01 Å². The number of aromatic nitrogens is 2. The molecule has 0 bridgehead atoms. The minimum Gasteiger partial charge on any atom is -0.497 e. The molecule has 0 spiro atoms. The Balaban J connectivity index is 1.36. The van der Waals surface area contributed by atoms with E-state index in [9.17, 15) is 4.79 Å². The highest BCUT2D eigenvalue weighted by Crippen LogP contribution is 2.27. The van der Waals surface area contributed by atoms with E-state index in [0.717, 1.165) is 50.1 Å². The van der Waals surface area contributed by atoms with Crippen molar-refractivity contribution in [2.45, 2.75) is 31.7 Å². The molecule has 7 nitrogen and oxygen atoms in total. The van der Waals surface area contributed by atoms with E-state index in [-0.39, 0.29) is 11.8 Å². The van der Waals surface area contributed by atoms with Crippen molar-refractivity contribution < 1.29 is 13.9 Å². The van der Waals surface area contributed by atoms with Crippen molar-refractivity contribution in [1.29, 1.82) is 0 Å². The van der Waals surface area contributed by atoms with Crippen molar-refractivity contribution in [3.63, 3.8) is 0 Å². The fourth-order valence-electron chi connectivity index (χ4n) is 3.07. The third kappa shape index (κ3) is 3.60. The van der Waals surface area contributed by atoms with Gasteiger partial charge < -0.3 is 19.4 Å². The lowest BCUT2D eigenvalue weighted by Gasteiger charge is -2.29. The quantitative estimate of drug-likeness (QED) is 0.897. The molecular weight excluding hydrogens is 320 g/mol. The first-order valence-corrected chi connectivity index (χ1v) is 8.76. The predicted octanol–water partition coefficient (Wildman–Crippen LogP) is 2.24. The van der Waals surface area contributed by atoms with E-state index < -0.39 is 0 Å². The summed E-state index contributed by atoms with van der Waals surface area (Å²) in [5.41, 5.74) is 0.859. The number of carbonyl (C=O) groups excluding carboxylic acids is 1. The molecule has 1 aromatic carbocycles. The van der Waals surface area contributed by atoms with Gasteiger partial charge in [-0.05, 0) is 49.9 Å². The summed E-state index contributed by atoms with van der Waals surface area (Å²) in [6.45, 7) is 1.51. The van der Waals surface area contributed by atoms with Crippen LogP contribution in [-0.2, 0) is 4.79 Å². The Morgan fingerprint density at radius 1 is 1.16 bits per heavy atom. The molecule has 25 heavy (non-hydrogen) atoms. The van der Waals surface area contributed by atoms with Crippen LogP contribution in [0.5, 0.6) is 5.75 Å². The lowest BCUT2D eigenvalue weighted by atomic mass is 9.96. The number of anilines is 1. The minimum absolute atomic E-state index is 0.0980. The van der Waals surface area contributed by atoms with Gasteiger partial charge in [0.1, 0.15) is 5.75 Å². The van der Waals surface area contributed by atoms with Gasteiger partial charge in [0.25, 0.3) is 0 Å². The van der Waals surface area contributed by atoms with Gasteiger partial charge in [0, 0.05) is 30.6 Å². The van der Waals surface area contributed by atoms with Crippen LogP contribution >= 0.6 is 0 Å². The third-order valence-corrected chi connectivity index (χ3v) is 4.81. The molecule has 1 saturated carbocycles. The van der Waals surface area contributed by atoms with Crippen LogP contribution in [0.25, 0.3) is 11.5 Å². The van der Waals surface area contributed by atoms with Gasteiger partial charge in [-0.1, -0.05) is 5.10 Å². The average molecular weight is 342 g/mol. The summed E-state index contributed by atoms with van der Waals surface area (Å²) in [6, 6.07) is 8.46. The summed E-state index contributed by atoms with van der Waals surface area (Å²) in [4.78, 5) is 14.2. The highest BCUT2D eigenvalue weighted by atomic mass is 16.5. The Kier molecular flexibility index (Phi) is 4.29. The van der Waals surface area contributed by atoms with E-state index >= 15 is 0 Å². The highest BCUT2D eigenvalue weighted by molar-refractivity contribution is 5.79. The Labute approximate surface area is 146 Å². The molecule has 2 aromatic rings. The third-order valence-electron chi connectivity index (χ3n) is 4.81. The molecule has 132 valence electrons. The zero-order valence-electron chi connectivity index (χ0n) is 14.3. The van der Waals surface area contributed by atoms with Crippen LogP contribution in [0.4, 0.5) is 6.01 Å². The van der Waals surface area contributed by atoms with Crippen LogP contribution in [0.2, 0.25) is 0 Å². The van der Waals surface area contributed by atoms with Gasteiger partial charge in [0.2, 0.25) is 11.8 Å². The van der Waals surface area contributed by atoms with Gasteiger partial charge in [0.15, 0.2) is 0 Å². The average Bonchev–Trinajstić information content (AvgIpc) is 3.34. The Bertz CT molecular complexity index is 731. The number of ether oxygens (including phenoxy) is 1. The molecule has 1 saturated heterocycles. The smallest absolute Gasteiger partial charge is 0.318 e. The first-order chi connectivity index (χ1) is 12.2. The number of piperidine rings is 1. The van der Waals surface area contributed by atoms with Gasteiger partial charge in [-0.3, -0.25) is 4.79 Å². The van der Waals surface area contributed by atoms with Crippen molar-refractivity contribution in [3.05, 3.63) is 24.3 Å². The number of rotatable bonds is 5. The van der Waals surface area contributed by atoms with Crippen LogP contribution in [0.1, 0.15) is 25.7 Å². The van der Waals surface area contributed by atoms with Crippen molar-refractivity contribution in [3.8, 4) is 17.2 Å². The maximum Gasteiger partial charge on any atom is 0.318 e. The van der Waals surface area contributed by atoms with Crippen molar-refractivity contribution in [2.24, 2.45) is 5.92 Å². The molecule has 1 amide bonds. The highest BCUT2D eigenvalue weighted by Gasteiger charge is 2.31. The topological polar surface area (TPSA) is 80.5 Å². The summed E-state index contributed by atoms with van der Waals surface area (Å²) < 4.78 is 11.0. The maximum atomic E-state index is 12.1. The fourth-order valence-corrected chi connectivity index (χ4v) is 3.07. The van der Waals surface area contributed by atoms with Crippen molar-refractivity contribution >= 4 is 11.9 Å². The van der Waals surface area contributed by atoms with Crippen LogP contribution in [-0.4, -0.2) is 42.3 Å². The van der Waals surface area contributed by atoms with Gasteiger partial charge in [-0.25, -0.2) is 0 Å². The summed E-state index contributed by atoms with van der Waals surface area (Å²) >= 11 is 0. The number of carbonyl (C=O) groups is 1. The zero-order valence-corrected chi connectivity index (χ0v) is 14.3. The number of benzene rings is 1. The molecule has 1 aliphatic heterocycles. The summed E-state index contributed by atoms with van der Waals surface area (Å²) in [6.07, 6.45) is 3.89. The molecule has 0 radical (unpaired) electrons. The SMILES string of the molecule is COc1ccc(-c2nnc(N3CCC(C(=O)NC4CC4)CC3)o2)cc1. The van der Waals surface area contributed by atoms with Crippen LogP contribution in [0.3, 0.4) is 0 Å². The number of hydrogen-bond donors (Lipinski definition) is 1. The second-order valence-corrected chi connectivity index (χ2v) is 6.66. The molecule has 1 aromatic heterocycles. The number of amides is 1. The number of methoxy groups -OCH3 is 1. The summed E-state index contributed by atoms with van der Waals surface area (Å²) in [5, 5.41) is 11.4.